The van der Waals surface area contributed by atoms with Crippen LogP contribution in [0.5, 0.6) is 23.0 Å². The zero-order valence-corrected chi connectivity index (χ0v) is 47.2. The summed E-state index contributed by atoms with van der Waals surface area (Å²) in [4.78, 5) is 0. The molecule has 4 aliphatic rings. The van der Waals surface area contributed by atoms with E-state index in [0.717, 1.165) is 59.4 Å². The van der Waals surface area contributed by atoms with Crippen LogP contribution in [0.15, 0.2) is 121 Å². The highest BCUT2D eigenvalue weighted by Crippen LogP contribution is 2.69. The molecule has 0 fully saturated rings. The average molecular weight is 1060 g/mol. The molecule has 0 aromatic heterocycles. The van der Waals surface area contributed by atoms with E-state index < -0.39 is 10.8 Å². The van der Waals surface area contributed by atoms with Crippen LogP contribution >= 0.6 is 0 Å². The van der Waals surface area contributed by atoms with Crippen LogP contribution in [0.2, 0.25) is 0 Å². The van der Waals surface area contributed by atoms with Gasteiger partial charge in [-0.3, -0.25) is 0 Å². The predicted octanol–water partition coefficient (Wildman–Crippen LogP) is 16.4. The van der Waals surface area contributed by atoms with Gasteiger partial charge in [-0.2, -0.15) is 0 Å². The van der Waals surface area contributed by atoms with Crippen molar-refractivity contribution in [2.45, 2.75) is 116 Å². The lowest BCUT2D eigenvalue weighted by molar-refractivity contribution is 0.304. The second-order valence-corrected chi connectivity index (χ2v) is 21.6. The van der Waals surface area contributed by atoms with Crippen molar-refractivity contribution < 1.29 is 18.9 Å². The first-order valence-electron chi connectivity index (χ1n) is 28.9. The van der Waals surface area contributed by atoms with Gasteiger partial charge in [0.05, 0.1) is 24.0 Å². The number of benzene rings is 7. The van der Waals surface area contributed by atoms with Gasteiger partial charge in [0.1, 0.15) is 35.2 Å². The third-order valence-electron chi connectivity index (χ3n) is 16.5. The largest absolute Gasteiger partial charge is 0.494 e. The molecule has 0 bridgehead atoms. The Kier molecular flexibility index (Phi) is 16.1. The molecule has 0 aliphatic heterocycles. The van der Waals surface area contributed by atoms with Crippen molar-refractivity contribution in [2.75, 3.05) is 13.2 Å². The average Bonchev–Trinajstić information content (AvgIpc) is 1.61. The van der Waals surface area contributed by atoms with E-state index in [2.05, 4.69) is 220 Å². The summed E-state index contributed by atoms with van der Waals surface area (Å²) < 4.78 is 25.4. The van der Waals surface area contributed by atoms with E-state index in [1.807, 2.05) is 12.1 Å². The van der Waals surface area contributed by atoms with Crippen molar-refractivity contribution in [1.29, 1.82) is 0 Å². The molecule has 82 heavy (non-hydrogen) atoms. The van der Waals surface area contributed by atoms with E-state index in [1.54, 1.807) is 0 Å². The van der Waals surface area contributed by atoms with Crippen molar-refractivity contribution in [3.05, 3.63) is 177 Å². The highest BCUT2D eigenvalue weighted by atomic mass is 16.5. The summed E-state index contributed by atoms with van der Waals surface area (Å²) in [7, 11) is 0. The van der Waals surface area contributed by atoms with E-state index in [9.17, 15) is 0 Å². The molecule has 4 aliphatic carbocycles. The van der Waals surface area contributed by atoms with Gasteiger partial charge in [0.25, 0.3) is 0 Å². The number of unbranched alkanes of at least 4 members (excludes halogenated alkanes) is 10. The van der Waals surface area contributed by atoms with Gasteiger partial charge in [-0.1, -0.05) is 150 Å². The maximum absolute atomic E-state index is 6.60. The zero-order valence-electron chi connectivity index (χ0n) is 47.2. The first kappa shape index (κ1) is 54.2. The molecule has 0 heterocycles. The summed E-state index contributed by atoms with van der Waals surface area (Å²) in [6.07, 6.45) is 30.4. The van der Waals surface area contributed by atoms with E-state index >= 15 is 0 Å². The number of hydrogen-bond acceptors (Lipinski definition) is 4. The molecule has 0 radical (unpaired) electrons. The Morgan fingerprint density at radius 2 is 0.646 bits per heavy atom. The number of fused-ring (bicyclic) bond motifs is 20. The molecule has 0 saturated carbocycles. The normalized spacial score (nSPS) is 14.8. The van der Waals surface area contributed by atoms with Gasteiger partial charge in [0.2, 0.25) is 0 Å². The Morgan fingerprint density at radius 1 is 0.317 bits per heavy atom. The molecule has 4 nitrogen and oxygen atoms in total. The Bertz CT molecular complexity index is 3920. The summed E-state index contributed by atoms with van der Waals surface area (Å²) in [6, 6.07) is 45.3. The van der Waals surface area contributed by atoms with Gasteiger partial charge in [-0.15, -0.1) is 12.8 Å². The number of terminal acetylenes is 2. The predicted molar refractivity (Wildman–Crippen MR) is 332 cm³/mol. The van der Waals surface area contributed by atoms with Gasteiger partial charge in [-0.05, 0) is 212 Å². The van der Waals surface area contributed by atoms with Crippen LogP contribution < -0.4 is 18.9 Å². The van der Waals surface area contributed by atoms with Gasteiger partial charge in [-0.25, -0.2) is 0 Å². The molecule has 7 aromatic carbocycles. The fourth-order valence-electron chi connectivity index (χ4n) is 13.0. The molecular weight excluding hydrogens is 1000 g/mol. The minimum absolute atomic E-state index is 0.613. The fraction of sp³-hybridized carbons (Fsp3) is 0.256. The van der Waals surface area contributed by atoms with E-state index in [0.29, 0.717) is 24.7 Å². The Morgan fingerprint density at radius 3 is 1.05 bits per heavy atom. The summed E-state index contributed by atoms with van der Waals surface area (Å²) in [5, 5.41) is 0. The van der Waals surface area contributed by atoms with Crippen LogP contribution in [0.1, 0.15) is 147 Å². The molecule has 398 valence electrons. The SMILES string of the molecule is C#CC#CC#CC#COc1ccc2c(c1)-c1cc(OCCCCCCCC)ccc1C21c2cc(C)ccc2-c2cc3c(cc21)-c1ccc(C)cc1C31c2ccc(OC#CC#CC#CC#C)cc2-c2cc(OCCCCCCCC)ccc21. The van der Waals surface area contributed by atoms with E-state index in [1.165, 1.54) is 129 Å². The van der Waals surface area contributed by atoms with E-state index in [4.69, 9.17) is 31.8 Å². The molecule has 2 spiro atoms. The molecule has 2 atom stereocenters. The first-order valence-corrected chi connectivity index (χ1v) is 28.9. The molecule has 0 amide bonds. The molecule has 4 heteroatoms. The maximum Gasteiger partial charge on any atom is 0.140 e. The molecular formula is C78H62O4. The van der Waals surface area contributed by atoms with Crippen LogP contribution in [0.4, 0.5) is 0 Å². The summed E-state index contributed by atoms with van der Waals surface area (Å²) in [6.45, 7) is 10.2. The summed E-state index contributed by atoms with van der Waals surface area (Å²) in [5.74, 6) is 34.0. The smallest absolute Gasteiger partial charge is 0.140 e. The number of aryl methyl sites for hydroxylation is 2. The second-order valence-electron chi connectivity index (χ2n) is 21.6. The number of ether oxygens (including phenoxy) is 4. The van der Waals surface area contributed by atoms with Crippen LogP contribution in [-0.2, 0) is 10.8 Å². The second kappa shape index (κ2) is 24.3. The maximum atomic E-state index is 6.60. The van der Waals surface area contributed by atoms with Gasteiger partial charge < -0.3 is 18.9 Å². The van der Waals surface area contributed by atoms with Crippen LogP contribution in [0.3, 0.4) is 0 Å². The van der Waals surface area contributed by atoms with Gasteiger partial charge in [0.15, 0.2) is 0 Å². The lowest BCUT2D eigenvalue weighted by atomic mass is 9.68. The van der Waals surface area contributed by atoms with Crippen molar-refractivity contribution in [3.8, 4) is 164 Å². The molecule has 7 aromatic rings. The van der Waals surface area contributed by atoms with Gasteiger partial charge in [0, 0.05) is 35.5 Å². The third kappa shape index (κ3) is 9.91. The van der Waals surface area contributed by atoms with Crippen LogP contribution in [0, 0.1) is 110 Å². The molecule has 2 unspecified atom stereocenters. The van der Waals surface area contributed by atoms with Crippen molar-refractivity contribution >= 4 is 0 Å². The Balaban J connectivity index is 1.08. The molecule has 11 rings (SSSR count). The van der Waals surface area contributed by atoms with Gasteiger partial charge >= 0.3 is 0 Å². The molecule has 0 N–H and O–H groups in total. The number of hydrogen-bond donors (Lipinski definition) is 0. The lowest BCUT2D eigenvalue weighted by Crippen LogP contribution is -2.27. The monoisotopic (exact) mass is 1060 g/mol. The minimum atomic E-state index is -0.681. The quantitative estimate of drug-likeness (QED) is 0.0634. The Hall–Kier alpha value is -9.78. The third-order valence-corrected chi connectivity index (χ3v) is 16.5. The zero-order chi connectivity index (χ0) is 56.5. The van der Waals surface area contributed by atoms with Crippen molar-refractivity contribution in [3.63, 3.8) is 0 Å². The van der Waals surface area contributed by atoms with Crippen molar-refractivity contribution in [1.82, 2.24) is 0 Å². The fourth-order valence-corrected chi connectivity index (χ4v) is 13.0. The van der Waals surface area contributed by atoms with Crippen LogP contribution in [0.25, 0.3) is 44.5 Å². The minimum Gasteiger partial charge on any atom is -0.494 e. The Labute approximate surface area is 485 Å². The lowest BCUT2D eigenvalue weighted by Gasteiger charge is -2.32. The number of rotatable bonds is 18. The topological polar surface area (TPSA) is 36.9 Å². The first-order chi connectivity index (χ1) is 40.4. The molecule has 0 saturated heterocycles. The summed E-state index contributed by atoms with van der Waals surface area (Å²) in [5.41, 5.74) is 19.9. The van der Waals surface area contributed by atoms with E-state index in [-0.39, 0.29) is 0 Å². The van der Waals surface area contributed by atoms with Crippen LogP contribution in [-0.4, -0.2) is 13.2 Å². The summed E-state index contributed by atoms with van der Waals surface area (Å²) >= 11 is 0. The standard InChI is InChI=1S/C78H62O4/c1-7-11-15-19-23-27-43-79-57-33-39-69-63(49-57)64-50-58(80-44-28-24-20-16-12-8-2)34-40-70(64)77(69)73-47-55(5)31-37-61(73)67-54-76-68(53-75(67)77)62-38-32-56(6)48-74(62)78(76)71-41-35-59(81-45-29-25-21-17-13-9-3)51-65(71)66-52-60(36-42-72(66)78)82-46-30-26-22-18-14-10-4/h1,3,31-42,47-54H,8,10,12,14,16,18,20,22,24,26,28,30,44,46H2,2,4-6H3. The highest BCUT2D eigenvalue weighted by Gasteiger charge is 2.56. The van der Waals surface area contributed by atoms with Crippen molar-refractivity contribution in [2.24, 2.45) is 0 Å². The highest BCUT2D eigenvalue weighted by molar-refractivity contribution is 6.01.